The number of nitrogens with two attached hydrogens (primary N) is 1. The molecule has 5 nitrogen and oxygen atoms in total. The number of fused-ring (bicyclic) bond motifs is 1. The Hall–Kier alpha value is -2.66. The van der Waals surface area contributed by atoms with E-state index in [9.17, 15) is 4.79 Å². The predicted molar refractivity (Wildman–Crippen MR) is 80.8 cm³/mol. The van der Waals surface area contributed by atoms with Crippen LogP contribution in [0.1, 0.15) is 5.56 Å². The standard InChI is InChI=1S/C16H15N3O2/c17-14(16(20)21)8-12-9-19-15-2-1-11(7-13(12)15)10-3-5-18-6-4-10/h1-7,9,14,19H,8,17H2,(H,20,21)/t14-/m0/s1. The van der Waals surface area contributed by atoms with Crippen molar-refractivity contribution in [2.45, 2.75) is 12.5 Å². The topological polar surface area (TPSA) is 92.0 Å². The normalized spacial score (nSPS) is 12.4. The summed E-state index contributed by atoms with van der Waals surface area (Å²) < 4.78 is 0. The number of hydrogen-bond donors (Lipinski definition) is 3. The first-order chi connectivity index (χ1) is 10.1. The van der Waals surface area contributed by atoms with Crippen molar-refractivity contribution in [2.75, 3.05) is 0 Å². The number of carboxylic acids is 1. The fourth-order valence-electron chi connectivity index (χ4n) is 2.40. The first-order valence-electron chi connectivity index (χ1n) is 6.64. The third kappa shape index (κ3) is 2.64. The average molecular weight is 281 g/mol. The summed E-state index contributed by atoms with van der Waals surface area (Å²) >= 11 is 0. The second-order valence-electron chi connectivity index (χ2n) is 4.96. The minimum atomic E-state index is -0.991. The molecule has 0 aliphatic carbocycles. The van der Waals surface area contributed by atoms with E-state index in [1.165, 1.54) is 0 Å². The molecule has 0 unspecified atom stereocenters. The van der Waals surface area contributed by atoms with Gasteiger partial charge in [0.15, 0.2) is 0 Å². The Labute approximate surface area is 121 Å². The summed E-state index contributed by atoms with van der Waals surface area (Å²) in [7, 11) is 0. The highest BCUT2D eigenvalue weighted by Crippen LogP contribution is 2.26. The van der Waals surface area contributed by atoms with Gasteiger partial charge in [-0.25, -0.2) is 0 Å². The fraction of sp³-hybridized carbons (Fsp3) is 0.125. The molecule has 5 heteroatoms. The van der Waals surface area contributed by atoms with Crippen LogP contribution in [-0.2, 0) is 11.2 Å². The Morgan fingerprint density at radius 2 is 2.00 bits per heavy atom. The molecule has 1 atom stereocenters. The number of aromatic amines is 1. The van der Waals surface area contributed by atoms with Gasteiger partial charge in [0, 0.05) is 35.9 Å². The molecular formula is C16H15N3O2. The average Bonchev–Trinajstić information content (AvgIpc) is 2.90. The van der Waals surface area contributed by atoms with Gasteiger partial charge in [-0.05, 0) is 41.0 Å². The lowest BCUT2D eigenvalue weighted by molar-refractivity contribution is -0.138. The molecule has 0 aliphatic heterocycles. The molecular weight excluding hydrogens is 266 g/mol. The molecule has 0 amide bonds. The van der Waals surface area contributed by atoms with Crippen molar-refractivity contribution in [3.8, 4) is 11.1 Å². The van der Waals surface area contributed by atoms with Crippen molar-refractivity contribution in [1.82, 2.24) is 9.97 Å². The molecule has 0 saturated carbocycles. The van der Waals surface area contributed by atoms with E-state index >= 15 is 0 Å². The molecule has 21 heavy (non-hydrogen) atoms. The number of carbonyl (C=O) groups is 1. The van der Waals surface area contributed by atoms with Crippen molar-refractivity contribution in [3.63, 3.8) is 0 Å². The Kier molecular flexibility index (Phi) is 3.41. The first-order valence-corrected chi connectivity index (χ1v) is 6.64. The number of aromatic nitrogens is 2. The third-order valence-electron chi connectivity index (χ3n) is 3.54. The van der Waals surface area contributed by atoms with Crippen LogP contribution >= 0.6 is 0 Å². The van der Waals surface area contributed by atoms with Gasteiger partial charge in [0.05, 0.1) is 0 Å². The summed E-state index contributed by atoms with van der Waals surface area (Å²) in [6.45, 7) is 0. The zero-order valence-electron chi connectivity index (χ0n) is 11.3. The number of H-pyrrole nitrogens is 1. The lowest BCUT2D eigenvalue weighted by Crippen LogP contribution is -2.32. The largest absolute Gasteiger partial charge is 0.480 e. The Balaban J connectivity index is 2.02. The second kappa shape index (κ2) is 5.38. The molecule has 0 saturated heterocycles. The van der Waals surface area contributed by atoms with E-state index in [1.807, 2.05) is 36.5 Å². The van der Waals surface area contributed by atoms with Crippen LogP contribution in [-0.4, -0.2) is 27.1 Å². The van der Waals surface area contributed by atoms with Gasteiger partial charge >= 0.3 is 5.97 Å². The van der Waals surface area contributed by atoms with Crippen LogP contribution in [0.25, 0.3) is 22.0 Å². The van der Waals surface area contributed by atoms with E-state index in [0.29, 0.717) is 6.42 Å². The van der Waals surface area contributed by atoms with Crippen LogP contribution in [0.3, 0.4) is 0 Å². The molecule has 106 valence electrons. The Bertz CT molecular complexity index is 781. The summed E-state index contributed by atoms with van der Waals surface area (Å²) in [5, 5.41) is 9.94. The molecule has 0 aliphatic rings. The van der Waals surface area contributed by atoms with E-state index in [4.69, 9.17) is 10.8 Å². The minimum absolute atomic E-state index is 0.301. The summed E-state index contributed by atoms with van der Waals surface area (Å²) in [4.78, 5) is 18.1. The Morgan fingerprint density at radius 3 is 2.71 bits per heavy atom. The van der Waals surface area contributed by atoms with Gasteiger partial charge in [0.1, 0.15) is 6.04 Å². The van der Waals surface area contributed by atoms with Gasteiger partial charge in [-0.2, -0.15) is 0 Å². The summed E-state index contributed by atoms with van der Waals surface area (Å²) in [5.74, 6) is -0.991. The maximum Gasteiger partial charge on any atom is 0.320 e. The van der Waals surface area contributed by atoms with Gasteiger partial charge in [-0.3, -0.25) is 9.78 Å². The van der Waals surface area contributed by atoms with E-state index in [1.54, 1.807) is 12.4 Å². The third-order valence-corrected chi connectivity index (χ3v) is 3.54. The van der Waals surface area contributed by atoms with Gasteiger partial charge < -0.3 is 15.8 Å². The monoisotopic (exact) mass is 281 g/mol. The minimum Gasteiger partial charge on any atom is -0.480 e. The second-order valence-corrected chi connectivity index (χ2v) is 4.96. The molecule has 0 bridgehead atoms. The maximum atomic E-state index is 10.9. The molecule has 3 rings (SSSR count). The Morgan fingerprint density at radius 1 is 1.24 bits per heavy atom. The summed E-state index contributed by atoms with van der Waals surface area (Å²) in [5.41, 5.74) is 9.65. The number of rotatable bonds is 4. The predicted octanol–water partition coefficient (Wildman–Crippen LogP) is 2.18. The number of benzene rings is 1. The molecule has 2 heterocycles. The van der Waals surface area contributed by atoms with Crippen LogP contribution in [0.5, 0.6) is 0 Å². The van der Waals surface area contributed by atoms with Crippen LogP contribution in [0.2, 0.25) is 0 Å². The van der Waals surface area contributed by atoms with Crippen LogP contribution in [0.4, 0.5) is 0 Å². The zero-order valence-corrected chi connectivity index (χ0v) is 11.3. The van der Waals surface area contributed by atoms with Crippen LogP contribution < -0.4 is 5.73 Å². The van der Waals surface area contributed by atoms with E-state index in [0.717, 1.165) is 27.6 Å². The van der Waals surface area contributed by atoms with Gasteiger partial charge in [0.2, 0.25) is 0 Å². The number of hydrogen-bond acceptors (Lipinski definition) is 3. The molecule has 2 aromatic heterocycles. The highest BCUT2D eigenvalue weighted by molar-refractivity contribution is 5.88. The molecule has 0 fully saturated rings. The van der Waals surface area contributed by atoms with Crippen molar-refractivity contribution < 1.29 is 9.90 Å². The van der Waals surface area contributed by atoms with Gasteiger partial charge in [-0.1, -0.05) is 6.07 Å². The molecule has 1 aromatic carbocycles. The van der Waals surface area contributed by atoms with E-state index in [2.05, 4.69) is 9.97 Å². The SMILES string of the molecule is N[C@@H](Cc1c[nH]c2ccc(-c3ccncc3)cc12)C(=O)O. The van der Waals surface area contributed by atoms with Crippen LogP contribution in [0.15, 0.2) is 48.9 Å². The number of carboxylic acid groups (broad SMARTS) is 1. The number of nitrogens with zero attached hydrogens (tertiary/aromatic N) is 1. The lowest BCUT2D eigenvalue weighted by Gasteiger charge is -2.06. The van der Waals surface area contributed by atoms with E-state index < -0.39 is 12.0 Å². The first kappa shape index (κ1) is 13.3. The number of aliphatic carboxylic acids is 1. The molecule has 4 N–H and O–H groups in total. The van der Waals surface area contributed by atoms with Crippen LogP contribution in [0, 0.1) is 0 Å². The number of pyridine rings is 1. The van der Waals surface area contributed by atoms with Crippen molar-refractivity contribution >= 4 is 16.9 Å². The molecule has 0 radical (unpaired) electrons. The fourth-order valence-corrected chi connectivity index (χ4v) is 2.40. The lowest BCUT2D eigenvalue weighted by atomic mass is 10.0. The van der Waals surface area contributed by atoms with Crippen molar-refractivity contribution in [2.24, 2.45) is 5.73 Å². The quantitative estimate of drug-likeness (QED) is 0.683. The van der Waals surface area contributed by atoms with Gasteiger partial charge in [0.25, 0.3) is 0 Å². The van der Waals surface area contributed by atoms with E-state index in [-0.39, 0.29) is 0 Å². The zero-order chi connectivity index (χ0) is 14.8. The smallest absolute Gasteiger partial charge is 0.320 e. The summed E-state index contributed by atoms with van der Waals surface area (Å²) in [6.07, 6.45) is 5.62. The highest BCUT2D eigenvalue weighted by Gasteiger charge is 2.15. The molecule has 0 spiro atoms. The molecule has 3 aromatic rings. The number of nitrogens with one attached hydrogen (secondary N) is 1. The van der Waals surface area contributed by atoms with Gasteiger partial charge in [-0.15, -0.1) is 0 Å². The van der Waals surface area contributed by atoms with Crippen molar-refractivity contribution in [3.05, 3.63) is 54.5 Å². The maximum absolute atomic E-state index is 10.9. The van der Waals surface area contributed by atoms with Crippen molar-refractivity contribution in [1.29, 1.82) is 0 Å². The summed E-state index contributed by atoms with van der Waals surface area (Å²) in [6, 6.07) is 9.04. The highest BCUT2D eigenvalue weighted by atomic mass is 16.4.